The fourth-order valence-corrected chi connectivity index (χ4v) is 6.66. The summed E-state index contributed by atoms with van der Waals surface area (Å²) in [6, 6.07) is 35.6. The quantitative estimate of drug-likeness (QED) is 0.0747. The van der Waals surface area contributed by atoms with Gasteiger partial charge in [-0.2, -0.15) is 0 Å². The van der Waals surface area contributed by atoms with E-state index in [4.69, 9.17) is 24.4 Å². The van der Waals surface area contributed by atoms with Crippen LogP contribution in [0.15, 0.2) is 128 Å². The maximum absolute atomic E-state index is 5.89. The SMILES string of the molecule is C=CCCCOc1ccc(-c2ccc3c(c2)nc(-c2cccc(-c4nc5cc(-c6ccc(OCCCC=C)cc6)ccc5n4CC)n2)n3CC)cc1. The Morgan fingerprint density at radius 2 is 0.962 bits per heavy atom. The smallest absolute Gasteiger partial charge is 0.159 e. The zero-order chi connectivity index (χ0) is 35.9. The molecule has 0 N–H and O–H groups in total. The number of unbranched alkanes of at least 4 members (excludes halogenated alkanes) is 2. The number of aromatic nitrogens is 5. The third-order valence-corrected chi connectivity index (χ3v) is 9.35. The Hall–Kier alpha value is -5.95. The number of ether oxygens (including phenoxy) is 2. The first-order chi connectivity index (χ1) is 25.6. The fourth-order valence-electron chi connectivity index (χ4n) is 6.66. The maximum atomic E-state index is 5.89. The van der Waals surface area contributed by atoms with Crippen LogP contribution in [-0.2, 0) is 13.1 Å². The molecule has 52 heavy (non-hydrogen) atoms. The summed E-state index contributed by atoms with van der Waals surface area (Å²) in [5.74, 6) is 3.44. The van der Waals surface area contributed by atoms with Crippen LogP contribution in [0.3, 0.4) is 0 Å². The lowest BCUT2D eigenvalue weighted by Gasteiger charge is -2.09. The summed E-state index contributed by atoms with van der Waals surface area (Å²) >= 11 is 0. The molecule has 0 bridgehead atoms. The molecule has 0 spiro atoms. The molecule has 7 rings (SSSR count). The van der Waals surface area contributed by atoms with Crippen molar-refractivity contribution in [2.75, 3.05) is 13.2 Å². The number of allylic oxidation sites excluding steroid dienone is 2. The van der Waals surface area contributed by atoms with E-state index in [1.165, 1.54) is 0 Å². The second-order valence-corrected chi connectivity index (χ2v) is 12.8. The van der Waals surface area contributed by atoms with E-state index in [0.29, 0.717) is 13.2 Å². The van der Waals surface area contributed by atoms with Crippen LogP contribution in [0.4, 0.5) is 0 Å². The first kappa shape index (κ1) is 34.5. The summed E-state index contributed by atoms with van der Waals surface area (Å²) in [5, 5.41) is 0. The van der Waals surface area contributed by atoms with E-state index in [-0.39, 0.29) is 0 Å². The normalized spacial score (nSPS) is 11.3. The summed E-state index contributed by atoms with van der Waals surface area (Å²) in [7, 11) is 0. The minimum atomic E-state index is 0.685. The van der Waals surface area contributed by atoms with Crippen molar-refractivity contribution >= 4 is 22.1 Å². The van der Waals surface area contributed by atoms with Crippen LogP contribution < -0.4 is 9.47 Å². The van der Waals surface area contributed by atoms with Crippen LogP contribution in [-0.4, -0.2) is 37.3 Å². The number of imidazole rings is 2. The van der Waals surface area contributed by atoms with Gasteiger partial charge in [-0.3, -0.25) is 0 Å². The Morgan fingerprint density at radius 3 is 1.37 bits per heavy atom. The van der Waals surface area contributed by atoms with Gasteiger partial charge in [0.05, 0.1) is 35.3 Å². The van der Waals surface area contributed by atoms with Crippen LogP contribution in [0.2, 0.25) is 0 Å². The Morgan fingerprint density at radius 1 is 0.538 bits per heavy atom. The minimum Gasteiger partial charge on any atom is -0.494 e. The molecule has 7 aromatic rings. The topological polar surface area (TPSA) is 67.0 Å². The predicted molar refractivity (Wildman–Crippen MR) is 214 cm³/mol. The van der Waals surface area contributed by atoms with E-state index in [2.05, 4.69) is 103 Å². The number of rotatable bonds is 16. The van der Waals surface area contributed by atoms with E-state index in [9.17, 15) is 0 Å². The Kier molecular flexibility index (Phi) is 10.6. The molecule has 4 aromatic carbocycles. The van der Waals surface area contributed by atoms with E-state index in [1.807, 2.05) is 48.6 Å². The third-order valence-electron chi connectivity index (χ3n) is 9.35. The molecule has 3 aromatic heterocycles. The van der Waals surface area contributed by atoms with Gasteiger partial charge in [0.15, 0.2) is 11.6 Å². The van der Waals surface area contributed by atoms with Crippen molar-refractivity contribution in [3.63, 3.8) is 0 Å². The minimum absolute atomic E-state index is 0.685. The van der Waals surface area contributed by atoms with E-state index < -0.39 is 0 Å². The van der Waals surface area contributed by atoms with Crippen molar-refractivity contribution in [3.8, 4) is 56.8 Å². The molecule has 7 heteroatoms. The van der Waals surface area contributed by atoms with Crippen LogP contribution >= 0.6 is 0 Å². The van der Waals surface area contributed by atoms with Crippen molar-refractivity contribution in [1.82, 2.24) is 24.1 Å². The van der Waals surface area contributed by atoms with Gasteiger partial charge in [0.1, 0.15) is 22.9 Å². The van der Waals surface area contributed by atoms with Gasteiger partial charge in [0.2, 0.25) is 0 Å². The zero-order valence-electron chi connectivity index (χ0n) is 30.1. The monoisotopic (exact) mass is 687 g/mol. The van der Waals surface area contributed by atoms with Gasteiger partial charge in [-0.25, -0.2) is 15.0 Å². The summed E-state index contributed by atoms with van der Waals surface area (Å²) in [6.07, 6.45) is 7.68. The van der Waals surface area contributed by atoms with Crippen molar-refractivity contribution in [2.45, 2.75) is 52.6 Å². The molecule has 0 unspecified atom stereocenters. The molecule has 0 amide bonds. The molecular weight excluding hydrogens is 643 g/mol. The van der Waals surface area contributed by atoms with E-state index in [0.717, 1.165) is 118 Å². The average Bonchev–Trinajstić information content (AvgIpc) is 3.76. The molecule has 0 saturated heterocycles. The predicted octanol–water partition coefficient (Wildman–Crippen LogP) is 11.2. The largest absolute Gasteiger partial charge is 0.494 e. The summed E-state index contributed by atoms with van der Waals surface area (Å²) < 4.78 is 16.2. The molecule has 0 aliphatic heterocycles. The number of aryl methyl sites for hydroxylation is 2. The Bertz CT molecular complexity index is 2160. The lowest BCUT2D eigenvalue weighted by molar-refractivity contribution is 0.312. The molecule has 0 aliphatic rings. The summed E-state index contributed by atoms with van der Waals surface area (Å²) in [6.45, 7) is 14.8. The average molecular weight is 688 g/mol. The van der Waals surface area contributed by atoms with Crippen molar-refractivity contribution in [2.24, 2.45) is 0 Å². The number of hydrogen-bond acceptors (Lipinski definition) is 5. The molecule has 7 nitrogen and oxygen atoms in total. The van der Waals surface area contributed by atoms with Gasteiger partial charge in [-0.1, -0.05) is 54.6 Å². The van der Waals surface area contributed by atoms with Crippen molar-refractivity contribution < 1.29 is 9.47 Å². The lowest BCUT2D eigenvalue weighted by atomic mass is 10.1. The highest BCUT2D eigenvalue weighted by molar-refractivity contribution is 5.87. The van der Waals surface area contributed by atoms with Crippen molar-refractivity contribution in [1.29, 1.82) is 0 Å². The molecule has 0 saturated carbocycles. The van der Waals surface area contributed by atoms with Gasteiger partial charge < -0.3 is 18.6 Å². The van der Waals surface area contributed by atoms with Crippen LogP contribution in [0.5, 0.6) is 11.5 Å². The number of fused-ring (bicyclic) bond motifs is 2. The molecule has 262 valence electrons. The van der Waals surface area contributed by atoms with Gasteiger partial charge in [-0.15, -0.1) is 13.2 Å². The highest BCUT2D eigenvalue weighted by Gasteiger charge is 2.18. The van der Waals surface area contributed by atoms with Gasteiger partial charge in [0.25, 0.3) is 0 Å². The summed E-state index contributed by atoms with van der Waals surface area (Å²) in [4.78, 5) is 15.4. The summed E-state index contributed by atoms with van der Waals surface area (Å²) in [5.41, 5.74) is 10.1. The molecular formula is C45H45N5O2. The van der Waals surface area contributed by atoms with Crippen molar-refractivity contribution in [3.05, 3.63) is 128 Å². The molecule has 0 aliphatic carbocycles. The van der Waals surface area contributed by atoms with Crippen LogP contribution in [0.25, 0.3) is 67.4 Å². The third kappa shape index (κ3) is 7.26. The highest BCUT2D eigenvalue weighted by Crippen LogP contribution is 2.32. The number of pyridine rings is 1. The molecule has 0 radical (unpaired) electrons. The van der Waals surface area contributed by atoms with E-state index >= 15 is 0 Å². The first-order valence-electron chi connectivity index (χ1n) is 18.3. The van der Waals surface area contributed by atoms with Crippen LogP contribution in [0.1, 0.15) is 39.5 Å². The van der Waals surface area contributed by atoms with Gasteiger partial charge in [0, 0.05) is 13.1 Å². The van der Waals surface area contributed by atoms with E-state index in [1.54, 1.807) is 0 Å². The van der Waals surface area contributed by atoms with Gasteiger partial charge in [-0.05, 0) is 122 Å². The second kappa shape index (κ2) is 15.9. The maximum Gasteiger partial charge on any atom is 0.159 e. The lowest BCUT2D eigenvalue weighted by Crippen LogP contribution is -2.02. The molecule has 3 heterocycles. The van der Waals surface area contributed by atoms with Crippen LogP contribution in [0, 0.1) is 0 Å². The molecule has 0 fully saturated rings. The zero-order valence-corrected chi connectivity index (χ0v) is 30.1. The standard InChI is InChI=1S/C45H45N5O2/c1-5-9-11-28-51-36-22-16-32(17-23-36)34-20-26-42-40(30-34)47-44(49(42)7-3)38-14-13-15-39(46-38)45-48-41-31-35(21-27-43(41)50(45)8-4)33-18-24-37(25-19-33)52-29-12-10-6-2/h5-6,13-27,30-31H,1-2,7-12,28-29H2,3-4H3. The first-order valence-corrected chi connectivity index (χ1v) is 18.3. The van der Waals surface area contributed by atoms with Gasteiger partial charge >= 0.3 is 0 Å². The molecule has 0 atom stereocenters. The number of benzene rings is 4. The highest BCUT2D eigenvalue weighted by atomic mass is 16.5. The number of nitrogens with zero attached hydrogens (tertiary/aromatic N) is 5. The Balaban J connectivity index is 1.15. The number of hydrogen-bond donors (Lipinski definition) is 0. The Labute approximate surface area is 305 Å². The fraction of sp³-hybridized carbons (Fsp3) is 0.222. The second-order valence-electron chi connectivity index (χ2n) is 12.8.